The number of hydrogen-bond donors (Lipinski definition) is 1. The van der Waals surface area contributed by atoms with E-state index in [1.165, 1.54) is 0 Å². The molecular weight excluding hydrogens is 320 g/mol. The molecule has 0 saturated carbocycles. The fraction of sp³-hybridized carbons (Fsp3) is 0.158. The van der Waals surface area contributed by atoms with E-state index in [1.807, 2.05) is 49.4 Å². The van der Waals surface area contributed by atoms with E-state index in [1.54, 1.807) is 6.20 Å². The van der Waals surface area contributed by atoms with Crippen LogP contribution in [-0.2, 0) is 0 Å². The largest absolute Gasteiger partial charge is 0.327 e. The number of aryl methyl sites for hydroxylation is 1. The van der Waals surface area contributed by atoms with E-state index in [2.05, 4.69) is 39.2 Å². The fourth-order valence-corrected chi connectivity index (χ4v) is 2.62. The maximum atomic E-state index is 6.18. The summed E-state index contributed by atoms with van der Waals surface area (Å²) in [6, 6.07) is 17.9. The summed E-state index contributed by atoms with van der Waals surface area (Å²) in [7, 11) is 0. The first kappa shape index (κ1) is 16.3. The molecule has 0 aliphatic heterocycles. The number of nitrogens with zero attached hydrogens (tertiary/aromatic N) is 3. The van der Waals surface area contributed by atoms with E-state index in [0.29, 0.717) is 5.95 Å². The highest BCUT2D eigenvalue weighted by Crippen LogP contribution is 2.25. The van der Waals surface area contributed by atoms with E-state index >= 15 is 0 Å². The Hall–Kier alpha value is -2.59. The molecule has 2 aromatic carbocycles. The van der Waals surface area contributed by atoms with E-state index in [4.69, 9.17) is 11.6 Å². The number of anilines is 4. The summed E-state index contributed by atoms with van der Waals surface area (Å²) >= 11 is 6.18. The Bertz CT molecular complexity index is 821. The third-order valence-electron chi connectivity index (χ3n) is 3.73. The summed E-state index contributed by atoms with van der Waals surface area (Å²) in [6.07, 6.45) is 1.76. The van der Waals surface area contributed by atoms with Gasteiger partial charge in [-0.2, -0.15) is 4.98 Å². The Kier molecular flexibility index (Phi) is 4.96. The van der Waals surface area contributed by atoms with Gasteiger partial charge in [0.05, 0.1) is 0 Å². The maximum absolute atomic E-state index is 6.18. The van der Waals surface area contributed by atoms with Crippen LogP contribution in [0.25, 0.3) is 0 Å². The fourth-order valence-electron chi connectivity index (χ4n) is 2.44. The van der Waals surface area contributed by atoms with Crippen LogP contribution in [0.4, 0.5) is 23.1 Å². The third kappa shape index (κ3) is 3.66. The van der Waals surface area contributed by atoms with Crippen LogP contribution in [0.2, 0.25) is 5.02 Å². The van der Waals surface area contributed by atoms with Crippen molar-refractivity contribution in [2.24, 2.45) is 0 Å². The van der Waals surface area contributed by atoms with Gasteiger partial charge in [-0.05, 0) is 49.7 Å². The lowest BCUT2D eigenvalue weighted by atomic mass is 10.2. The highest BCUT2D eigenvalue weighted by Gasteiger charge is 2.10. The molecule has 0 amide bonds. The van der Waals surface area contributed by atoms with Gasteiger partial charge >= 0.3 is 0 Å². The Morgan fingerprint density at radius 2 is 1.88 bits per heavy atom. The molecule has 122 valence electrons. The Balaban J connectivity index is 1.86. The number of halogens is 1. The van der Waals surface area contributed by atoms with Crippen LogP contribution in [0, 0.1) is 6.92 Å². The van der Waals surface area contributed by atoms with Crippen LogP contribution in [0.1, 0.15) is 12.5 Å². The summed E-state index contributed by atoms with van der Waals surface area (Å²) in [5, 5.41) is 3.93. The lowest BCUT2D eigenvalue weighted by molar-refractivity contribution is 0.979. The summed E-state index contributed by atoms with van der Waals surface area (Å²) in [5.41, 5.74) is 3.01. The van der Waals surface area contributed by atoms with Gasteiger partial charge in [-0.15, -0.1) is 0 Å². The van der Waals surface area contributed by atoms with Crippen molar-refractivity contribution in [3.63, 3.8) is 0 Å². The van der Waals surface area contributed by atoms with Crippen LogP contribution < -0.4 is 10.2 Å². The van der Waals surface area contributed by atoms with Gasteiger partial charge in [-0.25, -0.2) is 4.98 Å². The molecule has 0 bridgehead atoms. The molecular formula is C19H19ClN4. The van der Waals surface area contributed by atoms with Gasteiger partial charge < -0.3 is 10.2 Å². The predicted molar refractivity (Wildman–Crippen MR) is 101 cm³/mol. The molecule has 1 heterocycles. The monoisotopic (exact) mass is 338 g/mol. The lowest BCUT2D eigenvalue weighted by Gasteiger charge is -2.22. The second kappa shape index (κ2) is 7.32. The van der Waals surface area contributed by atoms with Crippen LogP contribution in [0.3, 0.4) is 0 Å². The third-order valence-corrected chi connectivity index (χ3v) is 4.14. The average molecular weight is 339 g/mol. The molecule has 1 N–H and O–H groups in total. The standard InChI is InChI=1S/C19H19ClN4/c1-3-24(16-7-5-4-6-8-16)18-11-12-21-19(23-18)22-15-10-9-14(2)17(20)13-15/h4-13H,3H2,1-2H3,(H,21,22,23). The number of nitrogens with one attached hydrogen (secondary N) is 1. The second-order valence-corrected chi connectivity index (χ2v) is 5.81. The highest BCUT2D eigenvalue weighted by molar-refractivity contribution is 6.31. The van der Waals surface area contributed by atoms with Gasteiger partial charge in [0.15, 0.2) is 0 Å². The summed E-state index contributed by atoms with van der Waals surface area (Å²) in [6.45, 7) is 4.89. The molecule has 0 radical (unpaired) electrons. The predicted octanol–water partition coefficient (Wildman–Crippen LogP) is 5.34. The van der Waals surface area contributed by atoms with Crippen molar-refractivity contribution in [1.29, 1.82) is 0 Å². The number of hydrogen-bond acceptors (Lipinski definition) is 4. The first-order chi connectivity index (χ1) is 11.7. The molecule has 4 nitrogen and oxygen atoms in total. The van der Waals surface area contributed by atoms with Crippen LogP contribution in [0.5, 0.6) is 0 Å². The van der Waals surface area contributed by atoms with Gasteiger partial charge in [-0.3, -0.25) is 0 Å². The van der Waals surface area contributed by atoms with Crippen molar-refractivity contribution in [2.75, 3.05) is 16.8 Å². The van der Waals surface area contributed by atoms with Crippen LogP contribution in [-0.4, -0.2) is 16.5 Å². The summed E-state index contributed by atoms with van der Waals surface area (Å²) in [4.78, 5) is 11.1. The van der Waals surface area contributed by atoms with Gasteiger partial charge in [-0.1, -0.05) is 35.9 Å². The Labute approximate surface area is 147 Å². The first-order valence-electron chi connectivity index (χ1n) is 7.86. The zero-order chi connectivity index (χ0) is 16.9. The maximum Gasteiger partial charge on any atom is 0.229 e. The topological polar surface area (TPSA) is 41.1 Å². The van der Waals surface area contributed by atoms with Crippen molar-refractivity contribution >= 4 is 34.7 Å². The molecule has 0 spiro atoms. The zero-order valence-corrected chi connectivity index (χ0v) is 14.5. The number of para-hydroxylation sites is 1. The summed E-state index contributed by atoms with van der Waals surface area (Å²) < 4.78 is 0. The van der Waals surface area contributed by atoms with Gasteiger partial charge in [0.2, 0.25) is 5.95 Å². The number of rotatable bonds is 5. The molecule has 0 aliphatic carbocycles. The SMILES string of the molecule is CCN(c1ccccc1)c1ccnc(Nc2ccc(C)c(Cl)c2)n1. The lowest BCUT2D eigenvalue weighted by Crippen LogP contribution is -2.17. The Morgan fingerprint density at radius 1 is 1.08 bits per heavy atom. The summed E-state index contributed by atoms with van der Waals surface area (Å²) in [5.74, 6) is 1.39. The minimum absolute atomic E-state index is 0.543. The highest BCUT2D eigenvalue weighted by atomic mass is 35.5. The van der Waals surface area contributed by atoms with E-state index < -0.39 is 0 Å². The Morgan fingerprint density at radius 3 is 2.58 bits per heavy atom. The minimum Gasteiger partial charge on any atom is -0.327 e. The molecule has 0 atom stereocenters. The molecule has 3 aromatic rings. The van der Waals surface area contributed by atoms with Crippen LogP contribution in [0.15, 0.2) is 60.8 Å². The minimum atomic E-state index is 0.543. The zero-order valence-electron chi connectivity index (χ0n) is 13.7. The number of benzene rings is 2. The average Bonchev–Trinajstić information content (AvgIpc) is 2.60. The second-order valence-electron chi connectivity index (χ2n) is 5.41. The van der Waals surface area contributed by atoms with Crippen molar-refractivity contribution in [2.45, 2.75) is 13.8 Å². The van der Waals surface area contributed by atoms with Crippen molar-refractivity contribution in [1.82, 2.24) is 9.97 Å². The molecule has 24 heavy (non-hydrogen) atoms. The van der Waals surface area contributed by atoms with Crippen molar-refractivity contribution in [3.8, 4) is 0 Å². The molecule has 0 aliphatic rings. The molecule has 0 unspecified atom stereocenters. The van der Waals surface area contributed by atoms with Crippen LogP contribution >= 0.6 is 11.6 Å². The molecule has 3 rings (SSSR count). The molecule has 5 heteroatoms. The smallest absolute Gasteiger partial charge is 0.229 e. The normalized spacial score (nSPS) is 10.5. The quantitative estimate of drug-likeness (QED) is 0.681. The molecule has 0 saturated heterocycles. The van der Waals surface area contributed by atoms with Crippen molar-refractivity contribution in [3.05, 3.63) is 71.4 Å². The molecule has 1 aromatic heterocycles. The number of aromatic nitrogens is 2. The van der Waals surface area contributed by atoms with Crippen molar-refractivity contribution < 1.29 is 0 Å². The van der Waals surface area contributed by atoms with E-state index in [-0.39, 0.29) is 0 Å². The van der Waals surface area contributed by atoms with E-state index in [0.717, 1.165) is 34.3 Å². The van der Waals surface area contributed by atoms with E-state index in [9.17, 15) is 0 Å². The molecule has 0 fully saturated rings. The van der Waals surface area contributed by atoms with Gasteiger partial charge in [0.1, 0.15) is 5.82 Å². The van der Waals surface area contributed by atoms with Gasteiger partial charge in [0, 0.05) is 29.1 Å². The first-order valence-corrected chi connectivity index (χ1v) is 8.24. The van der Waals surface area contributed by atoms with Gasteiger partial charge in [0.25, 0.3) is 0 Å².